The fraction of sp³-hybridized carbons (Fsp3) is 0.414. The van der Waals surface area contributed by atoms with Crippen LogP contribution in [0, 0.1) is 5.82 Å². The lowest BCUT2D eigenvalue weighted by Crippen LogP contribution is -2.46. The maximum atomic E-state index is 13.6. The van der Waals surface area contributed by atoms with Gasteiger partial charge in [0.2, 0.25) is 0 Å². The maximum Gasteiger partial charge on any atom is 0.260 e. The summed E-state index contributed by atoms with van der Waals surface area (Å²) in [5.74, 6) is -0.135. The summed E-state index contributed by atoms with van der Waals surface area (Å²) in [5.41, 5.74) is 4.36. The number of benzene rings is 2. The molecule has 5 rings (SSSR count). The molecule has 7 heteroatoms. The van der Waals surface area contributed by atoms with Gasteiger partial charge in [-0.2, -0.15) is 0 Å². The van der Waals surface area contributed by atoms with Crippen molar-refractivity contribution in [3.63, 3.8) is 0 Å². The Morgan fingerprint density at radius 3 is 2.50 bits per heavy atom. The number of nitrogens with zero attached hydrogens (tertiary/aromatic N) is 2. The molecular formula is C29H34FN3O3. The van der Waals surface area contributed by atoms with E-state index in [1.54, 1.807) is 6.07 Å². The van der Waals surface area contributed by atoms with Gasteiger partial charge in [0, 0.05) is 57.0 Å². The Balaban J connectivity index is 1.28. The summed E-state index contributed by atoms with van der Waals surface area (Å²) in [6.45, 7) is 13.8. The van der Waals surface area contributed by atoms with Gasteiger partial charge in [0.1, 0.15) is 17.2 Å². The van der Waals surface area contributed by atoms with Crippen molar-refractivity contribution in [2.24, 2.45) is 0 Å². The average Bonchev–Trinajstić information content (AvgIpc) is 3.34. The number of amides is 1. The monoisotopic (exact) mass is 491 g/mol. The molecule has 1 amide bonds. The molecular weight excluding hydrogens is 457 g/mol. The van der Waals surface area contributed by atoms with E-state index in [1.807, 2.05) is 26.8 Å². The van der Waals surface area contributed by atoms with Gasteiger partial charge in [-0.1, -0.05) is 24.3 Å². The normalized spacial score (nSPS) is 21.8. The Morgan fingerprint density at radius 1 is 1.06 bits per heavy atom. The van der Waals surface area contributed by atoms with Gasteiger partial charge in [-0.3, -0.25) is 14.6 Å². The van der Waals surface area contributed by atoms with Crippen molar-refractivity contribution >= 4 is 22.7 Å². The van der Waals surface area contributed by atoms with E-state index in [4.69, 9.17) is 9.47 Å². The molecule has 3 aliphatic rings. The lowest BCUT2D eigenvalue weighted by molar-refractivity contribution is -0.111. The molecule has 0 aliphatic carbocycles. The number of nitrogens with one attached hydrogen (secondary N) is 1. The van der Waals surface area contributed by atoms with Gasteiger partial charge in [0.05, 0.1) is 17.9 Å². The zero-order valence-corrected chi connectivity index (χ0v) is 21.3. The zero-order valence-electron chi connectivity index (χ0n) is 21.3. The molecule has 3 aliphatic heterocycles. The van der Waals surface area contributed by atoms with Gasteiger partial charge in [-0.15, -0.1) is 0 Å². The number of anilines is 1. The van der Waals surface area contributed by atoms with E-state index in [0.29, 0.717) is 22.6 Å². The minimum Gasteiger partial charge on any atom is -0.482 e. The predicted molar refractivity (Wildman–Crippen MR) is 140 cm³/mol. The molecule has 0 atom stereocenters. The van der Waals surface area contributed by atoms with Crippen LogP contribution < -0.4 is 5.32 Å². The zero-order chi connectivity index (χ0) is 25.3. The van der Waals surface area contributed by atoms with Gasteiger partial charge in [0.25, 0.3) is 5.91 Å². The van der Waals surface area contributed by atoms with Crippen molar-refractivity contribution in [3.05, 3.63) is 76.8 Å². The second-order valence-electron chi connectivity index (χ2n) is 10.1. The largest absolute Gasteiger partial charge is 0.482 e. The summed E-state index contributed by atoms with van der Waals surface area (Å²) < 4.78 is 25.4. The molecule has 0 spiro atoms. The van der Waals surface area contributed by atoms with Crippen LogP contribution in [0.3, 0.4) is 0 Å². The van der Waals surface area contributed by atoms with Crippen molar-refractivity contribution in [2.75, 3.05) is 51.3 Å². The minimum absolute atomic E-state index is 0.271. The third kappa shape index (κ3) is 5.09. The molecule has 3 heterocycles. The molecule has 0 aromatic heterocycles. The minimum atomic E-state index is -0.593. The van der Waals surface area contributed by atoms with Gasteiger partial charge in [0.15, 0.2) is 0 Å². The number of allylic oxidation sites excluding steroid dienone is 1. The number of rotatable bonds is 7. The summed E-state index contributed by atoms with van der Waals surface area (Å²) in [6.07, 6.45) is 1.95. The molecule has 6 nitrogen and oxygen atoms in total. The van der Waals surface area contributed by atoms with Gasteiger partial charge in [-0.05, 0) is 56.2 Å². The molecule has 2 aromatic rings. The summed E-state index contributed by atoms with van der Waals surface area (Å²) in [4.78, 5) is 17.7. The molecule has 0 saturated carbocycles. The SMILES string of the molecule is CCOCCN1CCN(Cc2ccc(C3=CC(=C4C(=O)Nc5cc(F)ccc54)OC3(C)C)cc2)CC1. The summed E-state index contributed by atoms with van der Waals surface area (Å²) in [5, 5.41) is 2.75. The van der Waals surface area contributed by atoms with Crippen molar-refractivity contribution in [3.8, 4) is 0 Å². The first-order chi connectivity index (χ1) is 17.3. The Labute approximate surface area is 212 Å². The fourth-order valence-corrected chi connectivity index (χ4v) is 5.16. The number of halogens is 1. The van der Waals surface area contributed by atoms with Crippen LogP contribution in [0.1, 0.15) is 37.5 Å². The Bertz CT molecular complexity index is 1190. The van der Waals surface area contributed by atoms with E-state index in [9.17, 15) is 9.18 Å². The number of carbonyl (C=O) groups is 1. The number of fused-ring (bicyclic) bond motifs is 1. The summed E-state index contributed by atoms with van der Waals surface area (Å²) in [7, 11) is 0. The highest BCUT2D eigenvalue weighted by molar-refractivity contribution is 6.32. The van der Waals surface area contributed by atoms with Crippen molar-refractivity contribution < 1.29 is 18.7 Å². The highest BCUT2D eigenvalue weighted by Gasteiger charge is 2.38. The Morgan fingerprint density at radius 2 is 1.78 bits per heavy atom. The molecule has 0 bridgehead atoms. The van der Waals surface area contributed by atoms with E-state index < -0.39 is 5.60 Å². The molecule has 36 heavy (non-hydrogen) atoms. The molecule has 1 fully saturated rings. The van der Waals surface area contributed by atoms with E-state index >= 15 is 0 Å². The highest BCUT2D eigenvalue weighted by atomic mass is 19.1. The number of hydrogen-bond acceptors (Lipinski definition) is 5. The molecule has 1 saturated heterocycles. The van der Waals surface area contributed by atoms with Gasteiger partial charge in [-0.25, -0.2) is 4.39 Å². The van der Waals surface area contributed by atoms with Gasteiger partial charge < -0.3 is 14.8 Å². The van der Waals surface area contributed by atoms with Crippen LogP contribution in [0.4, 0.5) is 10.1 Å². The topological polar surface area (TPSA) is 54.0 Å². The van der Waals surface area contributed by atoms with Crippen LogP contribution in [0.2, 0.25) is 0 Å². The second-order valence-corrected chi connectivity index (χ2v) is 10.1. The highest BCUT2D eigenvalue weighted by Crippen LogP contribution is 2.44. The van der Waals surface area contributed by atoms with Crippen LogP contribution in [-0.2, 0) is 20.8 Å². The molecule has 0 radical (unpaired) electrons. The molecule has 0 unspecified atom stereocenters. The van der Waals surface area contributed by atoms with Crippen molar-refractivity contribution in [1.82, 2.24) is 9.80 Å². The van der Waals surface area contributed by atoms with Crippen LogP contribution in [0.5, 0.6) is 0 Å². The molecule has 2 aromatic carbocycles. The van der Waals surface area contributed by atoms with Crippen LogP contribution in [0.15, 0.2) is 54.3 Å². The standard InChI is InChI=1S/C29H34FN3O3/c1-4-35-16-15-32-11-13-33(14-12-32)19-20-5-7-21(8-6-20)24-18-26(36-29(24,2)3)27-23-10-9-22(30)17-25(23)31-28(27)34/h5-10,17-18H,4,11-16,19H2,1-3H3,(H,31,34). The van der Waals surface area contributed by atoms with Crippen molar-refractivity contribution in [1.29, 1.82) is 0 Å². The summed E-state index contributed by atoms with van der Waals surface area (Å²) in [6, 6.07) is 13.0. The second kappa shape index (κ2) is 10.2. The average molecular weight is 492 g/mol. The lowest BCUT2D eigenvalue weighted by Gasteiger charge is -2.34. The first-order valence-corrected chi connectivity index (χ1v) is 12.7. The van der Waals surface area contributed by atoms with Crippen LogP contribution in [0.25, 0.3) is 11.1 Å². The quantitative estimate of drug-likeness (QED) is 0.456. The number of ether oxygens (including phenoxy) is 2. The van der Waals surface area contributed by atoms with E-state index in [2.05, 4.69) is 39.4 Å². The Hall–Kier alpha value is -3.00. The first kappa shape index (κ1) is 24.7. The van der Waals surface area contributed by atoms with Crippen LogP contribution in [-0.4, -0.2) is 67.2 Å². The van der Waals surface area contributed by atoms with Crippen molar-refractivity contribution in [2.45, 2.75) is 32.9 Å². The third-order valence-electron chi connectivity index (χ3n) is 7.15. The fourth-order valence-electron chi connectivity index (χ4n) is 5.16. The third-order valence-corrected chi connectivity index (χ3v) is 7.15. The number of carbonyl (C=O) groups excluding carboxylic acids is 1. The number of hydrogen-bond donors (Lipinski definition) is 1. The van der Waals surface area contributed by atoms with E-state index in [-0.39, 0.29) is 11.7 Å². The number of piperazine rings is 1. The lowest BCUT2D eigenvalue weighted by atomic mass is 9.91. The molecule has 190 valence electrons. The Kier molecular flexibility index (Phi) is 6.97. The van der Waals surface area contributed by atoms with Crippen LogP contribution >= 0.6 is 0 Å². The first-order valence-electron chi connectivity index (χ1n) is 12.7. The predicted octanol–water partition coefficient (Wildman–Crippen LogP) is 4.54. The maximum absolute atomic E-state index is 13.6. The summed E-state index contributed by atoms with van der Waals surface area (Å²) >= 11 is 0. The van der Waals surface area contributed by atoms with Gasteiger partial charge >= 0.3 is 0 Å². The smallest absolute Gasteiger partial charge is 0.260 e. The van der Waals surface area contributed by atoms with E-state index in [1.165, 1.54) is 17.7 Å². The molecule has 1 N–H and O–H groups in total. The van der Waals surface area contributed by atoms with E-state index in [0.717, 1.165) is 63.6 Å².